The molecule has 0 saturated heterocycles. The molecule has 0 radical (unpaired) electrons. The first-order valence-electron chi connectivity index (χ1n) is 3.42. The van der Waals surface area contributed by atoms with Crippen molar-refractivity contribution in [2.75, 3.05) is 0 Å². The van der Waals surface area contributed by atoms with Crippen LogP contribution in [0.2, 0.25) is 0 Å². The smallest absolute Gasteiger partial charge is 0.203 e. The highest BCUT2D eigenvalue weighted by molar-refractivity contribution is 5.95. The van der Waals surface area contributed by atoms with Crippen LogP contribution in [0.3, 0.4) is 0 Å². The molecule has 54 valence electrons. The molecule has 0 fully saturated rings. The van der Waals surface area contributed by atoms with E-state index < -0.39 is 0 Å². The first kappa shape index (κ1) is 6.99. The summed E-state index contributed by atoms with van der Waals surface area (Å²) in [5.41, 5.74) is 0.738. The monoisotopic (exact) mass is 139 g/mol. The van der Waals surface area contributed by atoms with Crippen LogP contribution in [-0.4, -0.2) is 10.9 Å². The normalized spacial score (nSPS) is 9.70. The minimum atomic E-state index is 0.194. The van der Waals surface area contributed by atoms with Gasteiger partial charge in [-0.2, -0.15) is 5.10 Å². The average molecular weight is 139 g/mol. The molecule has 1 aromatic rings. The van der Waals surface area contributed by atoms with E-state index in [4.69, 9.17) is 0 Å². The first-order valence-corrected chi connectivity index (χ1v) is 3.42. The standard InChI is InChI=1S/C7H10N2O/c1-2-3-7(10)6-4-8-9-5-6/h4-5H,2-3H2,1H3,(H,8,9)/p+1. The van der Waals surface area contributed by atoms with Gasteiger partial charge in [0, 0.05) is 6.42 Å². The molecule has 0 aliphatic rings. The lowest BCUT2D eigenvalue weighted by molar-refractivity contribution is -0.449. The van der Waals surface area contributed by atoms with Crippen LogP contribution < -0.4 is 5.10 Å². The molecule has 0 aromatic carbocycles. The molecule has 0 aliphatic carbocycles. The van der Waals surface area contributed by atoms with Gasteiger partial charge in [0.15, 0.2) is 5.78 Å². The van der Waals surface area contributed by atoms with Gasteiger partial charge in [0.1, 0.15) is 5.56 Å². The molecule has 3 heteroatoms. The maximum absolute atomic E-state index is 11.1. The molecule has 1 heterocycles. The molecule has 0 saturated carbocycles. The van der Waals surface area contributed by atoms with Crippen molar-refractivity contribution in [3.63, 3.8) is 0 Å². The molecular weight excluding hydrogens is 128 g/mol. The summed E-state index contributed by atoms with van der Waals surface area (Å²) in [7, 11) is 0. The van der Waals surface area contributed by atoms with E-state index in [1.165, 1.54) is 0 Å². The Bertz CT molecular complexity index is 203. The van der Waals surface area contributed by atoms with Crippen LogP contribution in [0.15, 0.2) is 12.4 Å². The Morgan fingerprint density at radius 1 is 1.80 bits per heavy atom. The number of H-pyrrole nitrogens is 2. The second-order valence-corrected chi connectivity index (χ2v) is 2.21. The second-order valence-electron chi connectivity index (χ2n) is 2.21. The number of aromatic amines is 2. The Labute approximate surface area is 59.4 Å². The quantitative estimate of drug-likeness (QED) is 0.619. The molecule has 0 aliphatic heterocycles. The number of rotatable bonds is 3. The van der Waals surface area contributed by atoms with E-state index in [0.29, 0.717) is 6.42 Å². The van der Waals surface area contributed by atoms with Crippen molar-refractivity contribution in [3.8, 4) is 0 Å². The molecule has 0 bridgehead atoms. The maximum Gasteiger partial charge on any atom is 0.203 e. The predicted molar refractivity (Wildman–Crippen MR) is 36.6 cm³/mol. The van der Waals surface area contributed by atoms with E-state index >= 15 is 0 Å². The van der Waals surface area contributed by atoms with E-state index in [9.17, 15) is 4.79 Å². The van der Waals surface area contributed by atoms with Gasteiger partial charge in [-0.3, -0.25) is 4.79 Å². The number of aromatic nitrogens is 2. The van der Waals surface area contributed by atoms with Crippen molar-refractivity contribution < 1.29 is 9.89 Å². The third-order valence-electron chi connectivity index (χ3n) is 1.34. The van der Waals surface area contributed by atoms with Crippen molar-refractivity contribution in [1.82, 2.24) is 5.10 Å². The van der Waals surface area contributed by atoms with Crippen LogP contribution in [0.25, 0.3) is 0 Å². The van der Waals surface area contributed by atoms with Gasteiger partial charge in [0.2, 0.25) is 6.20 Å². The second kappa shape index (κ2) is 3.15. The topological polar surface area (TPSA) is 47.0 Å². The Hall–Kier alpha value is -1.12. The molecule has 2 N–H and O–H groups in total. The molecule has 0 atom stereocenters. The molecule has 0 spiro atoms. The molecule has 3 nitrogen and oxygen atoms in total. The van der Waals surface area contributed by atoms with Crippen LogP contribution in [0.1, 0.15) is 30.1 Å². The van der Waals surface area contributed by atoms with Crippen molar-refractivity contribution in [2.45, 2.75) is 19.8 Å². The Morgan fingerprint density at radius 3 is 3.10 bits per heavy atom. The number of carbonyl (C=O) groups excluding carboxylic acids is 1. The highest BCUT2D eigenvalue weighted by Crippen LogP contribution is 1.99. The van der Waals surface area contributed by atoms with Crippen molar-refractivity contribution >= 4 is 5.78 Å². The lowest BCUT2D eigenvalue weighted by Crippen LogP contribution is -1.99. The number of carbonyl (C=O) groups is 1. The Morgan fingerprint density at radius 2 is 2.60 bits per heavy atom. The van der Waals surface area contributed by atoms with E-state index in [-0.39, 0.29) is 5.78 Å². The summed E-state index contributed by atoms with van der Waals surface area (Å²) >= 11 is 0. The van der Waals surface area contributed by atoms with Crippen LogP contribution in [0.5, 0.6) is 0 Å². The van der Waals surface area contributed by atoms with Gasteiger partial charge in [-0.15, -0.1) is 5.10 Å². The summed E-state index contributed by atoms with van der Waals surface area (Å²) in [5.74, 6) is 0.194. The fourth-order valence-corrected chi connectivity index (χ4v) is 0.813. The predicted octanol–water partition coefficient (Wildman–Crippen LogP) is 0.812. The van der Waals surface area contributed by atoms with Gasteiger partial charge in [-0.1, -0.05) is 6.92 Å². The van der Waals surface area contributed by atoms with Gasteiger partial charge < -0.3 is 0 Å². The highest BCUT2D eigenvalue weighted by atomic mass is 16.1. The number of hydrogen-bond donors (Lipinski definition) is 1. The van der Waals surface area contributed by atoms with Crippen LogP contribution in [-0.2, 0) is 0 Å². The number of hydrogen-bond acceptors (Lipinski definition) is 1. The number of ketones is 1. The SMILES string of the molecule is CCCC(=O)c1c[nH][nH+]c1. The third-order valence-corrected chi connectivity index (χ3v) is 1.34. The molecule has 1 rings (SSSR count). The fourth-order valence-electron chi connectivity index (χ4n) is 0.813. The average Bonchev–Trinajstić information content (AvgIpc) is 2.38. The minimum Gasteiger partial charge on any atom is -0.294 e. The van der Waals surface area contributed by atoms with Gasteiger partial charge >= 0.3 is 0 Å². The van der Waals surface area contributed by atoms with Crippen LogP contribution >= 0.6 is 0 Å². The molecular formula is C7H11N2O+. The van der Waals surface area contributed by atoms with E-state index in [1.807, 2.05) is 6.92 Å². The van der Waals surface area contributed by atoms with Gasteiger partial charge in [-0.25, -0.2) is 0 Å². The molecule has 0 unspecified atom stereocenters. The minimum absolute atomic E-state index is 0.194. The zero-order valence-corrected chi connectivity index (χ0v) is 5.98. The van der Waals surface area contributed by atoms with Crippen LogP contribution in [0, 0.1) is 0 Å². The molecule has 0 amide bonds. The highest BCUT2D eigenvalue weighted by Gasteiger charge is 2.06. The summed E-state index contributed by atoms with van der Waals surface area (Å²) in [6.07, 6.45) is 4.89. The summed E-state index contributed by atoms with van der Waals surface area (Å²) in [6, 6.07) is 0. The van der Waals surface area contributed by atoms with Crippen molar-refractivity contribution in [2.24, 2.45) is 0 Å². The van der Waals surface area contributed by atoms with Gasteiger partial charge in [0.05, 0.1) is 6.20 Å². The number of Topliss-reactive ketones (excluding diaryl/α,β-unsaturated/α-hetero) is 1. The Kier molecular flexibility index (Phi) is 2.20. The molecule has 10 heavy (non-hydrogen) atoms. The van der Waals surface area contributed by atoms with E-state index in [1.54, 1.807) is 12.4 Å². The zero-order chi connectivity index (χ0) is 7.40. The van der Waals surface area contributed by atoms with E-state index in [0.717, 1.165) is 12.0 Å². The number of nitrogens with one attached hydrogen (secondary N) is 2. The summed E-state index contributed by atoms with van der Waals surface area (Å²) in [4.78, 5) is 11.1. The maximum atomic E-state index is 11.1. The Balaban J connectivity index is 2.59. The third kappa shape index (κ3) is 1.43. The summed E-state index contributed by atoms with van der Waals surface area (Å²) < 4.78 is 0. The van der Waals surface area contributed by atoms with Gasteiger partial charge in [-0.05, 0) is 6.42 Å². The van der Waals surface area contributed by atoms with Gasteiger partial charge in [0.25, 0.3) is 0 Å². The zero-order valence-electron chi connectivity index (χ0n) is 5.98. The lowest BCUT2D eigenvalue weighted by atomic mass is 10.1. The van der Waals surface area contributed by atoms with Crippen LogP contribution in [0.4, 0.5) is 0 Å². The van der Waals surface area contributed by atoms with Crippen molar-refractivity contribution in [1.29, 1.82) is 0 Å². The largest absolute Gasteiger partial charge is 0.294 e. The lowest BCUT2D eigenvalue weighted by Gasteiger charge is -1.87. The summed E-state index contributed by atoms with van der Waals surface area (Å²) in [6.45, 7) is 1.99. The van der Waals surface area contributed by atoms with E-state index in [2.05, 4.69) is 10.2 Å². The fraction of sp³-hybridized carbons (Fsp3) is 0.429. The molecule has 1 aromatic heterocycles. The van der Waals surface area contributed by atoms with Crippen molar-refractivity contribution in [3.05, 3.63) is 18.0 Å². The first-order chi connectivity index (χ1) is 4.84. The summed E-state index contributed by atoms with van der Waals surface area (Å²) in [5, 5.41) is 5.45.